The maximum Gasteiger partial charge on any atom is 0.337 e. The highest BCUT2D eigenvalue weighted by molar-refractivity contribution is 5.89. The molecule has 7 nitrogen and oxygen atoms in total. The smallest absolute Gasteiger partial charge is 0.337 e. The summed E-state index contributed by atoms with van der Waals surface area (Å²) < 4.78 is 6.82. The van der Waals surface area contributed by atoms with Crippen LogP contribution in [-0.2, 0) is 6.42 Å². The molecular formula is C14H14N2O5. The molecule has 0 saturated carbocycles. The number of nitro groups is 1. The minimum Gasteiger partial charge on any atom is -0.495 e. The number of non-ortho nitro benzene ring substituents is 1. The number of methoxy groups -OCH3 is 1. The van der Waals surface area contributed by atoms with Crippen molar-refractivity contribution in [1.82, 2.24) is 4.57 Å². The summed E-state index contributed by atoms with van der Waals surface area (Å²) in [6, 6.07) is 5.67. The van der Waals surface area contributed by atoms with Gasteiger partial charge in [-0.2, -0.15) is 0 Å². The van der Waals surface area contributed by atoms with Gasteiger partial charge in [-0.25, -0.2) is 4.79 Å². The molecule has 7 heteroatoms. The highest BCUT2D eigenvalue weighted by Crippen LogP contribution is 2.30. The molecular weight excluding hydrogens is 276 g/mol. The molecule has 0 amide bonds. The third-order valence-corrected chi connectivity index (χ3v) is 3.19. The first-order valence-electron chi connectivity index (χ1n) is 6.25. The minimum absolute atomic E-state index is 0.0848. The highest BCUT2D eigenvalue weighted by Gasteiger charge is 2.19. The Labute approximate surface area is 120 Å². The van der Waals surface area contributed by atoms with Crippen LogP contribution in [-0.4, -0.2) is 27.7 Å². The largest absolute Gasteiger partial charge is 0.495 e. The summed E-state index contributed by atoms with van der Waals surface area (Å²) in [5.41, 5.74) is 1.09. The summed E-state index contributed by atoms with van der Waals surface area (Å²) in [5, 5.41) is 20.1. The third kappa shape index (κ3) is 2.58. The topological polar surface area (TPSA) is 94.6 Å². The Morgan fingerprint density at radius 1 is 1.43 bits per heavy atom. The van der Waals surface area contributed by atoms with Gasteiger partial charge in [-0.15, -0.1) is 0 Å². The van der Waals surface area contributed by atoms with E-state index < -0.39 is 10.9 Å². The van der Waals surface area contributed by atoms with Gasteiger partial charge < -0.3 is 14.4 Å². The van der Waals surface area contributed by atoms with Gasteiger partial charge in [0.15, 0.2) is 0 Å². The number of hydrogen-bond acceptors (Lipinski definition) is 4. The van der Waals surface area contributed by atoms with Crippen molar-refractivity contribution in [2.75, 3.05) is 7.11 Å². The SMILES string of the molecule is CCc1c(C(=O)O)ccn1-c1cc([N+](=O)[O-])ccc1OC. The molecule has 1 aromatic carbocycles. The number of ether oxygens (including phenoxy) is 1. The van der Waals surface area contributed by atoms with Crippen LogP contribution in [0.3, 0.4) is 0 Å². The van der Waals surface area contributed by atoms with Crippen molar-refractivity contribution in [1.29, 1.82) is 0 Å². The van der Waals surface area contributed by atoms with E-state index >= 15 is 0 Å². The van der Waals surface area contributed by atoms with Gasteiger partial charge in [-0.3, -0.25) is 10.1 Å². The van der Waals surface area contributed by atoms with Gasteiger partial charge in [-0.1, -0.05) is 6.92 Å². The van der Waals surface area contributed by atoms with Gasteiger partial charge >= 0.3 is 5.97 Å². The van der Waals surface area contributed by atoms with Crippen molar-refractivity contribution in [2.24, 2.45) is 0 Å². The Morgan fingerprint density at radius 2 is 2.14 bits per heavy atom. The van der Waals surface area contributed by atoms with Crippen LogP contribution in [0.4, 0.5) is 5.69 Å². The fourth-order valence-corrected chi connectivity index (χ4v) is 2.23. The number of carboxylic acid groups (broad SMARTS) is 1. The summed E-state index contributed by atoms with van der Waals surface area (Å²) in [4.78, 5) is 21.6. The lowest BCUT2D eigenvalue weighted by atomic mass is 10.2. The molecule has 1 heterocycles. The van der Waals surface area contributed by atoms with E-state index in [0.717, 1.165) is 0 Å². The maximum absolute atomic E-state index is 11.2. The van der Waals surface area contributed by atoms with Crippen LogP contribution in [0.15, 0.2) is 30.5 Å². The molecule has 0 aliphatic heterocycles. The first-order valence-corrected chi connectivity index (χ1v) is 6.25. The summed E-state index contributed by atoms with van der Waals surface area (Å²) in [6.07, 6.45) is 2.05. The van der Waals surface area contributed by atoms with Gasteiger partial charge in [0.05, 0.1) is 23.3 Å². The molecule has 1 aromatic heterocycles. The number of carboxylic acids is 1. The Bertz CT molecular complexity index is 705. The van der Waals surface area contributed by atoms with Crippen LogP contribution in [0.25, 0.3) is 5.69 Å². The Kier molecular flexibility index (Phi) is 3.93. The molecule has 0 saturated heterocycles. The Morgan fingerprint density at radius 3 is 2.67 bits per heavy atom. The second kappa shape index (κ2) is 5.66. The lowest BCUT2D eigenvalue weighted by Crippen LogP contribution is -2.06. The van der Waals surface area contributed by atoms with Crippen LogP contribution in [0.1, 0.15) is 23.0 Å². The second-order valence-corrected chi connectivity index (χ2v) is 4.32. The standard InChI is InChI=1S/C14H14N2O5/c1-3-11-10(14(17)18)6-7-15(11)12-8-9(16(19)20)4-5-13(12)21-2/h4-8H,3H2,1-2H3,(H,17,18). The van der Waals surface area contributed by atoms with Crippen molar-refractivity contribution in [3.63, 3.8) is 0 Å². The Hall–Kier alpha value is -2.83. The fraction of sp³-hybridized carbons (Fsp3) is 0.214. The van der Waals surface area contributed by atoms with Gasteiger partial charge in [0.1, 0.15) is 5.75 Å². The molecule has 0 aliphatic rings. The Balaban J connectivity index is 2.68. The van der Waals surface area contributed by atoms with Gasteiger partial charge in [0, 0.05) is 24.0 Å². The van der Waals surface area contributed by atoms with Gasteiger partial charge in [-0.05, 0) is 18.6 Å². The zero-order valence-electron chi connectivity index (χ0n) is 11.6. The molecule has 0 spiro atoms. The van der Waals surface area contributed by atoms with Gasteiger partial charge in [0.25, 0.3) is 5.69 Å². The van der Waals surface area contributed by atoms with Crippen LogP contribution in [0.2, 0.25) is 0 Å². The molecule has 2 rings (SSSR count). The number of rotatable bonds is 5. The number of aromatic nitrogens is 1. The zero-order valence-corrected chi connectivity index (χ0v) is 11.6. The van der Waals surface area contributed by atoms with Crippen LogP contribution < -0.4 is 4.74 Å². The molecule has 0 unspecified atom stereocenters. The van der Waals surface area contributed by atoms with E-state index in [4.69, 9.17) is 4.74 Å². The van der Waals surface area contributed by atoms with Crippen molar-refractivity contribution >= 4 is 11.7 Å². The van der Waals surface area contributed by atoms with Crippen molar-refractivity contribution in [2.45, 2.75) is 13.3 Å². The fourth-order valence-electron chi connectivity index (χ4n) is 2.23. The maximum atomic E-state index is 11.2. The number of carbonyl (C=O) groups is 1. The minimum atomic E-state index is -1.03. The van der Waals surface area contributed by atoms with Crippen molar-refractivity contribution in [3.05, 3.63) is 51.8 Å². The first kappa shape index (κ1) is 14.6. The molecule has 0 bridgehead atoms. The number of nitrogens with zero attached hydrogens (tertiary/aromatic N) is 2. The van der Waals surface area contributed by atoms with Crippen molar-refractivity contribution in [3.8, 4) is 11.4 Å². The van der Waals surface area contributed by atoms with Crippen molar-refractivity contribution < 1.29 is 19.6 Å². The molecule has 0 atom stereocenters. The molecule has 0 aliphatic carbocycles. The highest BCUT2D eigenvalue weighted by atomic mass is 16.6. The molecule has 110 valence electrons. The summed E-state index contributed by atoms with van der Waals surface area (Å²) in [5.74, 6) is -0.599. The van der Waals surface area contributed by atoms with Crippen LogP contribution in [0.5, 0.6) is 5.75 Å². The van der Waals surface area contributed by atoms with E-state index in [1.807, 2.05) is 6.92 Å². The molecule has 2 aromatic rings. The summed E-state index contributed by atoms with van der Waals surface area (Å²) >= 11 is 0. The lowest BCUT2D eigenvalue weighted by molar-refractivity contribution is -0.384. The normalized spacial score (nSPS) is 10.4. The van der Waals surface area contributed by atoms with E-state index in [9.17, 15) is 20.0 Å². The average molecular weight is 290 g/mol. The van der Waals surface area contributed by atoms with E-state index in [0.29, 0.717) is 23.6 Å². The quantitative estimate of drug-likeness (QED) is 0.674. The van der Waals surface area contributed by atoms with Gasteiger partial charge in [0.2, 0.25) is 0 Å². The average Bonchev–Trinajstić information content (AvgIpc) is 2.90. The second-order valence-electron chi connectivity index (χ2n) is 4.32. The van der Waals surface area contributed by atoms with Crippen LogP contribution >= 0.6 is 0 Å². The number of aromatic carboxylic acids is 1. The molecule has 1 N–H and O–H groups in total. The predicted molar refractivity (Wildman–Crippen MR) is 75.3 cm³/mol. The number of hydrogen-bond donors (Lipinski definition) is 1. The number of nitro benzene ring substituents is 1. The monoisotopic (exact) mass is 290 g/mol. The summed E-state index contributed by atoms with van der Waals surface area (Å²) in [6.45, 7) is 1.82. The zero-order chi connectivity index (χ0) is 15.6. The molecule has 0 radical (unpaired) electrons. The van der Waals surface area contributed by atoms with E-state index in [1.165, 1.54) is 31.4 Å². The lowest BCUT2D eigenvalue weighted by Gasteiger charge is -2.13. The van der Waals surface area contributed by atoms with E-state index in [-0.39, 0.29) is 11.3 Å². The molecule has 21 heavy (non-hydrogen) atoms. The molecule has 0 fully saturated rings. The van der Waals surface area contributed by atoms with E-state index in [1.54, 1.807) is 10.8 Å². The first-order chi connectivity index (χ1) is 9.99. The third-order valence-electron chi connectivity index (χ3n) is 3.19. The number of benzene rings is 1. The van der Waals surface area contributed by atoms with Crippen LogP contribution in [0, 0.1) is 10.1 Å². The predicted octanol–water partition coefficient (Wildman–Crippen LogP) is 2.65. The van der Waals surface area contributed by atoms with E-state index in [2.05, 4.69) is 0 Å². The summed E-state index contributed by atoms with van der Waals surface area (Å²) in [7, 11) is 1.46.